The van der Waals surface area contributed by atoms with Crippen LogP contribution in [0.25, 0.3) is 11.0 Å². The van der Waals surface area contributed by atoms with Crippen LogP contribution in [0.3, 0.4) is 0 Å². The second-order valence-corrected chi connectivity index (χ2v) is 6.91. The lowest BCUT2D eigenvalue weighted by Gasteiger charge is -2.15. The van der Waals surface area contributed by atoms with Crippen LogP contribution < -0.4 is 20.3 Å². The van der Waals surface area contributed by atoms with E-state index in [0.717, 1.165) is 16.6 Å². The first kappa shape index (κ1) is 21.4. The summed E-state index contributed by atoms with van der Waals surface area (Å²) in [5, 5.41) is 2.77. The van der Waals surface area contributed by atoms with Crippen molar-refractivity contribution in [1.29, 1.82) is 0 Å². The average molecular weight is 409 g/mol. The molecule has 3 aromatic rings. The molecule has 0 aliphatic carbocycles. The molecule has 1 amide bonds. The van der Waals surface area contributed by atoms with Crippen molar-refractivity contribution in [2.24, 2.45) is 0 Å². The molecule has 0 fully saturated rings. The number of aromatic nitrogens is 2. The number of benzene rings is 2. The van der Waals surface area contributed by atoms with Crippen molar-refractivity contribution in [3.05, 3.63) is 57.5 Å². The molecule has 2 aromatic carbocycles. The second-order valence-electron chi connectivity index (χ2n) is 6.91. The molecular formula is C23H27N3O4. The van der Waals surface area contributed by atoms with Crippen LogP contribution in [0.15, 0.2) is 35.1 Å². The van der Waals surface area contributed by atoms with Gasteiger partial charge in [-0.05, 0) is 70.0 Å². The van der Waals surface area contributed by atoms with Gasteiger partial charge in [0.1, 0.15) is 11.5 Å². The van der Waals surface area contributed by atoms with E-state index >= 15 is 0 Å². The van der Waals surface area contributed by atoms with Gasteiger partial charge in [0.2, 0.25) is 0 Å². The van der Waals surface area contributed by atoms with Gasteiger partial charge in [0.05, 0.1) is 29.9 Å². The Kier molecular flexibility index (Phi) is 6.40. The van der Waals surface area contributed by atoms with Crippen molar-refractivity contribution in [3.63, 3.8) is 0 Å². The van der Waals surface area contributed by atoms with E-state index in [1.165, 1.54) is 0 Å². The van der Waals surface area contributed by atoms with Crippen molar-refractivity contribution in [2.75, 3.05) is 18.5 Å². The molecule has 30 heavy (non-hydrogen) atoms. The lowest BCUT2D eigenvalue weighted by molar-refractivity contribution is 0.102. The molecule has 0 atom stereocenters. The van der Waals surface area contributed by atoms with Gasteiger partial charge in [-0.1, -0.05) is 0 Å². The highest BCUT2D eigenvalue weighted by Gasteiger charge is 2.19. The van der Waals surface area contributed by atoms with Crippen molar-refractivity contribution >= 4 is 22.6 Å². The minimum Gasteiger partial charge on any atom is -0.494 e. The summed E-state index contributed by atoms with van der Waals surface area (Å²) in [5.74, 6) is 0.508. The molecule has 0 aliphatic heterocycles. The van der Waals surface area contributed by atoms with E-state index in [1.54, 1.807) is 22.8 Å². The Balaban J connectivity index is 2.07. The molecule has 1 N–H and O–H groups in total. The summed E-state index contributed by atoms with van der Waals surface area (Å²) in [7, 11) is 0. The topological polar surface area (TPSA) is 82.4 Å². The predicted octanol–water partition coefficient (Wildman–Crippen LogP) is 4.08. The van der Waals surface area contributed by atoms with Crippen LogP contribution >= 0.6 is 0 Å². The van der Waals surface area contributed by atoms with Gasteiger partial charge in [0, 0.05) is 12.6 Å². The third kappa shape index (κ3) is 4.15. The Morgan fingerprint density at radius 3 is 2.40 bits per heavy atom. The molecule has 0 unspecified atom stereocenters. The number of hydrogen-bond acceptors (Lipinski definition) is 5. The molecule has 7 nitrogen and oxygen atoms in total. The predicted molar refractivity (Wildman–Crippen MR) is 118 cm³/mol. The molecule has 0 radical (unpaired) electrons. The summed E-state index contributed by atoms with van der Waals surface area (Å²) in [4.78, 5) is 30.4. The van der Waals surface area contributed by atoms with E-state index in [0.29, 0.717) is 42.5 Å². The van der Waals surface area contributed by atoms with Crippen molar-refractivity contribution in [2.45, 2.75) is 41.2 Å². The molecule has 158 valence electrons. The number of nitrogens with zero attached hydrogens (tertiary/aromatic N) is 2. The molecule has 0 bridgehead atoms. The molecule has 0 spiro atoms. The molecule has 1 heterocycles. The summed E-state index contributed by atoms with van der Waals surface area (Å²) in [6, 6.07) is 9.01. The fourth-order valence-electron chi connectivity index (χ4n) is 3.28. The normalized spacial score (nSPS) is 10.8. The lowest BCUT2D eigenvalue weighted by atomic mass is 10.1. The van der Waals surface area contributed by atoms with Crippen molar-refractivity contribution < 1.29 is 14.3 Å². The Hall–Kier alpha value is -3.35. The highest BCUT2D eigenvalue weighted by molar-refractivity contribution is 6.04. The summed E-state index contributed by atoms with van der Waals surface area (Å²) in [6.07, 6.45) is 0. The fraction of sp³-hybridized carbons (Fsp3) is 0.348. The zero-order chi connectivity index (χ0) is 21.8. The van der Waals surface area contributed by atoms with Crippen LogP contribution in [0.4, 0.5) is 5.69 Å². The highest BCUT2D eigenvalue weighted by atomic mass is 16.5. The van der Waals surface area contributed by atoms with Crippen LogP contribution in [-0.4, -0.2) is 28.7 Å². The standard InChI is InChI=1S/C23H27N3O4/c1-6-26-19-12-15(5)14(4)11-17(19)24-21(23(26)28)22(27)25-18-13-16(29-7-2)9-10-20(18)30-8-3/h9-13H,6-8H2,1-5H3,(H,25,27). The minimum absolute atomic E-state index is 0.156. The van der Waals surface area contributed by atoms with Gasteiger partial charge >= 0.3 is 0 Å². The zero-order valence-electron chi connectivity index (χ0n) is 18.0. The van der Waals surface area contributed by atoms with Crippen LogP contribution in [-0.2, 0) is 6.54 Å². The minimum atomic E-state index is -0.586. The smallest absolute Gasteiger partial charge is 0.282 e. The van der Waals surface area contributed by atoms with E-state index in [-0.39, 0.29) is 5.69 Å². The first-order chi connectivity index (χ1) is 14.4. The summed E-state index contributed by atoms with van der Waals surface area (Å²) in [6.45, 7) is 10.9. The highest BCUT2D eigenvalue weighted by Crippen LogP contribution is 2.30. The van der Waals surface area contributed by atoms with Gasteiger partial charge in [-0.2, -0.15) is 0 Å². The number of carbonyl (C=O) groups excluding carboxylic acids is 1. The number of anilines is 1. The maximum Gasteiger partial charge on any atom is 0.282 e. The van der Waals surface area contributed by atoms with E-state index in [4.69, 9.17) is 9.47 Å². The van der Waals surface area contributed by atoms with Gasteiger partial charge in [-0.3, -0.25) is 9.59 Å². The fourth-order valence-corrected chi connectivity index (χ4v) is 3.28. The quantitative estimate of drug-likeness (QED) is 0.636. The van der Waals surface area contributed by atoms with Crippen LogP contribution in [0.1, 0.15) is 42.4 Å². The number of amides is 1. The Morgan fingerprint density at radius 2 is 1.73 bits per heavy atom. The number of nitrogens with one attached hydrogen (secondary N) is 1. The number of aryl methyl sites for hydroxylation is 3. The monoisotopic (exact) mass is 409 g/mol. The number of fused-ring (bicyclic) bond motifs is 1. The Labute approximate surface area is 175 Å². The summed E-state index contributed by atoms with van der Waals surface area (Å²) in [5.41, 5.74) is 3.29. The Bertz CT molecular complexity index is 1150. The van der Waals surface area contributed by atoms with E-state index in [1.807, 2.05) is 46.8 Å². The third-order valence-corrected chi connectivity index (χ3v) is 4.90. The van der Waals surface area contributed by atoms with Gasteiger partial charge in [0.25, 0.3) is 11.5 Å². The molecule has 7 heteroatoms. The van der Waals surface area contributed by atoms with Crippen molar-refractivity contribution in [1.82, 2.24) is 9.55 Å². The van der Waals surface area contributed by atoms with E-state index in [9.17, 15) is 9.59 Å². The molecule has 0 aliphatic rings. The van der Waals surface area contributed by atoms with Gasteiger partial charge in [-0.25, -0.2) is 4.98 Å². The van der Waals surface area contributed by atoms with Crippen LogP contribution in [0.5, 0.6) is 11.5 Å². The first-order valence-corrected chi connectivity index (χ1v) is 10.1. The second kappa shape index (κ2) is 8.98. The van der Waals surface area contributed by atoms with Gasteiger partial charge in [0.15, 0.2) is 5.69 Å². The largest absolute Gasteiger partial charge is 0.494 e. The zero-order valence-corrected chi connectivity index (χ0v) is 18.0. The number of ether oxygens (including phenoxy) is 2. The van der Waals surface area contributed by atoms with Crippen molar-refractivity contribution in [3.8, 4) is 11.5 Å². The van der Waals surface area contributed by atoms with Gasteiger partial charge in [-0.15, -0.1) is 0 Å². The summed E-state index contributed by atoms with van der Waals surface area (Å²) < 4.78 is 12.7. The first-order valence-electron chi connectivity index (χ1n) is 10.1. The molecule has 3 rings (SSSR count). The third-order valence-electron chi connectivity index (χ3n) is 4.90. The molecule has 0 saturated carbocycles. The Morgan fingerprint density at radius 1 is 1.03 bits per heavy atom. The average Bonchev–Trinajstić information content (AvgIpc) is 2.71. The van der Waals surface area contributed by atoms with Gasteiger partial charge < -0.3 is 19.4 Å². The van der Waals surface area contributed by atoms with E-state index in [2.05, 4.69) is 10.3 Å². The summed E-state index contributed by atoms with van der Waals surface area (Å²) >= 11 is 0. The van der Waals surface area contributed by atoms with Crippen LogP contribution in [0, 0.1) is 13.8 Å². The molecule has 0 saturated heterocycles. The van der Waals surface area contributed by atoms with Crippen LogP contribution in [0.2, 0.25) is 0 Å². The maximum atomic E-state index is 13.0. The molecular weight excluding hydrogens is 382 g/mol. The number of hydrogen-bond donors (Lipinski definition) is 1. The lowest BCUT2D eigenvalue weighted by Crippen LogP contribution is -2.31. The maximum absolute atomic E-state index is 13.0. The molecule has 1 aromatic heterocycles. The SMILES string of the molecule is CCOc1ccc(OCC)c(NC(=O)c2nc3cc(C)c(C)cc3n(CC)c2=O)c1. The number of rotatable bonds is 7. The number of carbonyl (C=O) groups is 1. The van der Waals surface area contributed by atoms with E-state index < -0.39 is 11.5 Å².